The number of fused-ring (bicyclic) bond motifs is 4. The first-order valence-corrected chi connectivity index (χ1v) is 30.2. The van der Waals surface area contributed by atoms with Crippen molar-refractivity contribution in [3.05, 3.63) is 139 Å². The second-order valence-corrected chi connectivity index (χ2v) is 32.4. The summed E-state index contributed by atoms with van der Waals surface area (Å²) in [5.41, 5.74) is 13.2. The zero-order valence-electron chi connectivity index (χ0n) is 52.5. The molecule has 0 atom stereocenters. The Balaban J connectivity index is 1.42. The summed E-state index contributed by atoms with van der Waals surface area (Å²) >= 11 is 0. The monoisotopic (exact) mass is 1090 g/mol. The van der Waals surface area contributed by atoms with E-state index < -0.39 is 17.2 Å². The molecule has 77 heavy (non-hydrogen) atoms. The van der Waals surface area contributed by atoms with Crippen LogP contribution in [-0.4, -0.2) is 7.11 Å². The van der Waals surface area contributed by atoms with E-state index in [0.29, 0.717) is 11.5 Å². The summed E-state index contributed by atoms with van der Waals surface area (Å²) in [6.07, 6.45) is 0. The van der Waals surface area contributed by atoms with Crippen LogP contribution in [0.2, 0.25) is 0 Å². The van der Waals surface area contributed by atoms with Crippen molar-refractivity contribution in [1.29, 1.82) is 0 Å². The van der Waals surface area contributed by atoms with Gasteiger partial charge in [-0.05, 0) is 71.6 Å². The van der Waals surface area contributed by atoms with E-state index >= 15 is 0 Å². The Morgan fingerprint density at radius 1 is 0.390 bits per heavy atom. The molecule has 0 N–H and O–H groups in total. The van der Waals surface area contributed by atoms with Gasteiger partial charge in [0.1, 0.15) is 23.0 Å². The van der Waals surface area contributed by atoms with Crippen molar-refractivity contribution in [3.63, 3.8) is 0 Å². The molecular formula is C68H96O7P2. The van der Waals surface area contributed by atoms with E-state index in [-0.39, 0.29) is 61.8 Å². The quantitative estimate of drug-likeness (QED) is 0.157. The molecule has 0 radical (unpaired) electrons. The largest absolute Gasteiger partial charge is 0.530 e. The summed E-state index contributed by atoms with van der Waals surface area (Å²) in [5.74, 6) is 4.09. The molecule has 0 unspecified atom stereocenters. The second kappa shape index (κ2) is 20.7. The van der Waals surface area contributed by atoms with Gasteiger partial charge >= 0.3 is 17.2 Å². The van der Waals surface area contributed by atoms with E-state index in [9.17, 15) is 0 Å². The topological polar surface area (TPSA) is 64.6 Å². The van der Waals surface area contributed by atoms with Crippen LogP contribution in [0, 0.1) is 0 Å². The SMILES string of the molecule is COc1cccc(COP2Oc3c(cc(C(C)(C)C)cc3C(C)(C)C)C(C)c3cc(C(C)(C)C)cc(C(C)(C)C)c3O2)c1OP1Oc2c(cc(C(C)(C)C)cc2C(C)(C)C)C(C)c2cc(C(C)(C)C)cc(C(C)(C)C)c2O1. The lowest BCUT2D eigenvalue weighted by Crippen LogP contribution is -2.23. The Kier molecular flexibility index (Phi) is 16.2. The van der Waals surface area contributed by atoms with Crippen molar-refractivity contribution in [2.45, 2.75) is 242 Å². The van der Waals surface area contributed by atoms with Gasteiger partial charge in [0, 0.05) is 61.9 Å². The van der Waals surface area contributed by atoms with Gasteiger partial charge < -0.3 is 27.4 Å². The van der Waals surface area contributed by atoms with Crippen LogP contribution < -0.4 is 27.4 Å². The molecular weight excluding hydrogens is 991 g/mol. The summed E-state index contributed by atoms with van der Waals surface area (Å²) in [7, 11) is -2.59. The van der Waals surface area contributed by atoms with Crippen LogP contribution in [0.1, 0.15) is 264 Å². The molecule has 5 aromatic carbocycles. The molecule has 0 saturated heterocycles. The summed E-state index contributed by atoms with van der Waals surface area (Å²) in [6, 6.07) is 24.7. The smallest absolute Gasteiger partial charge is 0.493 e. The van der Waals surface area contributed by atoms with Crippen LogP contribution in [0.5, 0.6) is 34.5 Å². The summed E-state index contributed by atoms with van der Waals surface area (Å²) in [4.78, 5) is 0. The van der Waals surface area contributed by atoms with Gasteiger partial charge in [0.15, 0.2) is 11.5 Å². The maximum atomic E-state index is 7.36. The van der Waals surface area contributed by atoms with E-state index in [1.807, 2.05) is 18.2 Å². The second-order valence-electron chi connectivity index (χ2n) is 30.3. The van der Waals surface area contributed by atoms with Crippen molar-refractivity contribution >= 4 is 17.2 Å². The third-order valence-electron chi connectivity index (χ3n) is 15.5. The Labute approximate surface area is 469 Å². The van der Waals surface area contributed by atoms with Crippen molar-refractivity contribution in [2.24, 2.45) is 0 Å². The van der Waals surface area contributed by atoms with E-state index in [1.54, 1.807) is 7.11 Å². The molecule has 2 heterocycles. The predicted molar refractivity (Wildman–Crippen MR) is 325 cm³/mol. The Morgan fingerprint density at radius 3 is 0.935 bits per heavy atom. The molecule has 0 bridgehead atoms. The average Bonchev–Trinajstić information content (AvgIpc) is 3.26. The van der Waals surface area contributed by atoms with E-state index in [1.165, 1.54) is 22.3 Å². The average molecular weight is 1090 g/mol. The van der Waals surface area contributed by atoms with Gasteiger partial charge in [0.25, 0.3) is 0 Å². The number of hydrogen-bond donors (Lipinski definition) is 0. The van der Waals surface area contributed by atoms with Crippen LogP contribution >= 0.6 is 17.2 Å². The van der Waals surface area contributed by atoms with Crippen LogP contribution in [-0.2, 0) is 54.5 Å². The number of rotatable bonds is 6. The molecule has 2 aliphatic rings. The standard InChI is InChI=1S/C68H96O7P2/c1-40-47-31-43(61(3,4)5)35-51(65(15,16)17)57(47)72-76(73-58-48(40)32-44(62(6,7)8)36-52(58)66(18,19)20)70-39-42-29-28-30-55(69-27)56(42)71-77-74-59-49(33-45(63(9,10)11)37-53(59)67(21,22)23)41(2)50-34-46(64(12,13)14)38-54(60(50)75-77)68(24,25)26/h28-38,40-41H,39H2,1-27H3. The molecule has 7 nitrogen and oxygen atoms in total. The highest BCUT2D eigenvalue weighted by molar-refractivity contribution is 7.43. The molecule has 0 aromatic heterocycles. The molecule has 5 aromatic rings. The van der Waals surface area contributed by atoms with Gasteiger partial charge in [-0.1, -0.05) is 241 Å². The molecule has 0 fully saturated rings. The van der Waals surface area contributed by atoms with Crippen molar-refractivity contribution in [1.82, 2.24) is 0 Å². The van der Waals surface area contributed by atoms with Gasteiger partial charge in [-0.25, -0.2) is 0 Å². The summed E-state index contributed by atoms with van der Waals surface area (Å²) in [6.45, 7) is 59.2. The fourth-order valence-electron chi connectivity index (χ4n) is 10.2. The lowest BCUT2D eigenvalue weighted by molar-refractivity contribution is 0.247. The fourth-order valence-corrected chi connectivity index (χ4v) is 12.4. The molecule has 9 heteroatoms. The number of hydrogen-bond acceptors (Lipinski definition) is 7. The summed E-state index contributed by atoms with van der Waals surface area (Å²) < 4.78 is 49.9. The van der Waals surface area contributed by atoms with E-state index in [4.69, 9.17) is 31.9 Å². The zero-order chi connectivity index (χ0) is 57.7. The molecule has 0 saturated carbocycles. The minimum Gasteiger partial charge on any atom is -0.493 e. The highest BCUT2D eigenvalue weighted by atomic mass is 31.2. The number of ether oxygens (including phenoxy) is 1. The van der Waals surface area contributed by atoms with Crippen molar-refractivity contribution in [2.75, 3.05) is 7.11 Å². The number of para-hydroxylation sites is 1. The minimum atomic E-state index is -2.19. The molecule has 0 spiro atoms. The highest BCUT2D eigenvalue weighted by Gasteiger charge is 2.41. The first kappa shape index (κ1) is 60.4. The van der Waals surface area contributed by atoms with Gasteiger partial charge in [0.2, 0.25) is 0 Å². The highest BCUT2D eigenvalue weighted by Crippen LogP contribution is 2.60. The van der Waals surface area contributed by atoms with Gasteiger partial charge in [0.05, 0.1) is 13.7 Å². The van der Waals surface area contributed by atoms with Crippen molar-refractivity contribution < 1.29 is 31.9 Å². The number of benzene rings is 5. The van der Waals surface area contributed by atoms with Gasteiger partial charge in [-0.15, -0.1) is 0 Å². The Bertz CT molecular complexity index is 2830. The lowest BCUT2D eigenvalue weighted by atomic mass is 9.74. The third kappa shape index (κ3) is 12.8. The maximum absolute atomic E-state index is 7.36. The normalized spacial score (nSPS) is 18.6. The van der Waals surface area contributed by atoms with E-state index in [2.05, 4.69) is 229 Å². The van der Waals surface area contributed by atoms with Crippen LogP contribution in [0.25, 0.3) is 0 Å². The molecule has 2 aliphatic heterocycles. The zero-order valence-corrected chi connectivity index (χ0v) is 54.3. The summed E-state index contributed by atoms with van der Waals surface area (Å²) in [5, 5.41) is 0. The van der Waals surface area contributed by atoms with E-state index in [0.717, 1.165) is 73.1 Å². The molecule has 420 valence electrons. The minimum absolute atomic E-state index is 0.0515. The van der Waals surface area contributed by atoms with Crippen LogP contribution in [0.3, 0.4) is 0 Å². The predicted octanol–water partition coefficient (Wildman–Crippen LogP) is 20.7. The van der Waals surface area contributed by atoms with Crippen LogP contribution in [0.4, 0.5) is 0 Å². The first-order valence-electron chi connectivity index (χ1n) is 28.0. The van der Waals surface area contributed by atoms with Crippen LogP contribution in [0.15, 0.2) is 66.7 Å². The number of methoxy groups -OCH3 is 1. The Hall–Kier alpha value is -4.28. The molecule has 0 amide bonds. The van der Waals surface area contributed by atoms with Gasteiger partial charge in [-0.3, -0.25) is 4.52 Å². The molecule has 7 rings (SSSR count). The van der Waals surface area contributed by atoms with Gasteiger partial charge in [-0.2, -0.15) is 0 Å². The lowest BCUT2D eigenvalue weighted by Gasteiger charge is -2.36. The fraction of sp³-hybridized carbons (Fsp3) is 0.559. The molecule has 0 aliphatic carbocycles. The maximum Gasteiger partial charge on any atom is 0.530 e. The Morgan fingerprint density at radius 2 is 0.675 bits per heavy atom. The third-order valence-corrected chi connectivity index (χ3v) is 17.5. The van der Waals surface area contributed by atoms with Crippen molar-refractivity contribution in [3.8, 4) is 34.5 Å². The first-order chi connectivity index (χ1) is 35.0.